The second kappa shape index (κ2) is 6.46. The number of aliphatic hydroxyl groups is 1. The maximum absolute atomic E-state index is 9.08. The van der Waals surface area contributed by atoms with Gasteiger partial charge >= 0.3 is 0 Å². The average molecular weight is 214 g/mol. The molecule has 0 amide bonds. The molecule has 15 heavy (non-hydrogen) atoms. The molecule has 1 heterocycles. The van der Waals surface area contributed by atoms with Crippen LogP contribution in [0.2, 0.25) is 0 Å². The van der Waals surface area contributed by atoms with E-state index in [2.05, 4.69) is 24.1 Å². The Kier molecular flexibility index (Phi) is 5.58. The lowest BCUT2D eigenvalue weighted by Gasteiger charge is -2.37. The molecule has 3 heteroatoms. The smallest absolute Gasteiger partial charge is 0.0585 e. The van der Waals surface area contributed by atoms with Gasteiger partial charge in [0.05, 0.1) is 6.61 Å². The fraction of sp³-hybridized carbons (Fsp3) is 1.00. The van der Waals surface area contributed by atoms with Gasteiger partial charge in [-0.05, 0) is 52.2 Å². The first kappa shape index (κ1) is 12.9. The summed E-state index contributed by atoms with van der Waals surface area (Å²) in [6.45, 7) is 7.25. The molecule has 1 rings (SSSR count). The highest BCUT2D eigenvalue weighted by Crippen LogP contribution is 2.22. The summed E-state index contributed by atoms with van der Waals surface area (Å²) in [4.78, 5) is 2.56. The Morgan fingerprint density at radius 3 is 2.73 bits per heavy atom. The molecule has 0 aromatic heterocycles. The molecular weight excluding hydrogens is 188 g/mol. The monoisotopic (exact) mass is 214 g/mol. The van der Waals surface area contributed by atoms with Crippen molar-refractivity contribution in [2.24, 2.45) is 5.92 Å². The van der Waals surface area contributed by atoms with Gasteiger partial charge < -0.3 is 15.3 Å². The predicted molar refractivity (Wildman–Crippen MR) is 64.0 cm³/mol. The normalized spacial score (nSPS) is 30.4. The van der Waals surface area contributed by atoms with Crippen molar-refractivity contribution in [3.05, 3.63) is 0 Å². The van der Waals surface area contributed by atoms with Crippen LogP contribution in [-0.2, 0) is 0 Å². The summed E-state index contributed by atoms with van der Waals surface area (Å²) in [5.74, 6) is 0.884. The van der Waals surface area contributed by atoms with Crippen molar-refractivity contribution in [3.8, 4) is 0 Å². The number of likely N-dealkylation sites (N-methyl/N-ethyl adjacent to an activating group) is 1. The first-order valence-corrected chi connectivity index (χ1v) is 6.19. The minimum Gasteiger partial charge on any atom is -0.395 e. The van der Waals surface area contributed by atoms with Crippen LogP contribution in [0.25, 0.3) is 0 Å². The van der Waals surface area contributed by atoms with Crippen molar-refractivity contribution >= 4 is 0 Å². The molecule has 0 radical (unpaired) electrons. The second-order valence-corrected chi connectivity index (χ2v) is 4.97. The van der Waals surface area contributed by atoms with Crippen molar-refractivity contribution in [3.63, 3.8) is 0 Å². The standard InChI is InChI=1S/C12H26N2O/c1-10-4-6-14(11(2)8-10)7-5-12(9-15)13-3/h10-13,15H,4-9H2,1-3H3. The first-order valence-electron chi connectivity index (χ1n) is 6.19. The SMILES string of the molecule is CNC(CO)CCN1CCC(C)CC1C. The van der Waals surface area contributed by atoms with Crippen LogP contribution >= 0.6 is 0 Å². The summed E-state index contributed by atoms with van der Waals surface area (Å²) in [5.41, 5.74) is 0. The molecule has 90 valence electrons. The van der Waals surface area contributed by atoms with Gasteiger partial charge in [-0.1, -0.05) is 6.92 Å². The van der Waals surface area contributed by atoms with Crippen LogP contribution in [0.3, 0.4) is 0 Å². The Balaban J connectivity index is 2.26. The van der Waals surface area contributed by atoms with Gasteiger partial charge in [0.1, 0.15) is 0 Å². The van der Waals surface area contributed by atoms with Crippen molar-refractivity contribution in [2.45, 2.75) is 45.2 Å². The maximum Gasteiger partial charge on any atom is 0.0585 e. The van der Waals surface area contributed by atoms with Crippen molar-refractivity contribution < 1.29 is 5.11 Å². The number of nitrogens with zero attached hydrogens (tertiary/aromatic N) is 1. The molecule has 1 saturated heterocycles. The van der Waals surface area contributed by atoms with Crippen molar-refractivity contribution in [1.29, 1.82) is 0 Å². The highest BCUT2D eigenvalue weighted by atomic mass is 16.3. The van der Waals surface area contributed by atoms with Crippen LogP contribution < -0.4 is 5.32 Å². The van der Waals surface area contributed by atoms with Crippen LogP contribution in [0.15, 0.2) is 0 Å². The summed E-state index contributed by atoms with van der Waals surface area (Å²) in [5, 5.41) is 12.2. The van der Waals surface area contributed by atoms with E-state index in [4.69, 9.17) is 5.11 Å². The van der Waals surface area contributed by atoms with Gasteiger partial charge in [-0.2, -0.15) is 0 Å². The molecule has 0 aromatic carbocycles. The van der Waals surface area contributed by atoms with Gasteiger partial charge in [0.15, 0.2) is 0 Å². The molecule has 3 nitrogen and oxygen atoms in total. The Hall–Kier alpha value is -0.120. The summed E-state index contributed by atoms with van der Waals surface area (Å²) in [6, 6.07) is 0.974. The average Bonchev–Trinajstić information content (AvgIpc) is 2.22. The van der Waals surface area contributed by atoms with Gasteiger partial charge in [0.25, 0.3) is 0 Å². The van der Waals surface area contributed by atoms with Gasteiger partial charge in [-0.3, -0.25) is 0 Å². The highest BCUT2D eigenvalue weighted by Gasteiger charge is 2.22. The van der Waals surface area contributed by atoms with E-state index in [1.807, 2.05) is 7.05 Å². The van der Waals surface area contributed by atoms with E-state index in [-0.39, 0.29) is 12.6 Å². The summed E-state index contributed by atoms with van der Waals surface area (Å²) >= 11 is 0. The van der Waals surface area contributed by atoms with Crippen molar-refractivity contribution in [2.75, 3.05) is 26.7 Å². The summed E-state index contributed by atoms with van der Waals surface area (Å²) < 4.78 is 0. The lowest BCUT2D eigenvalue weighted by molar-refractivity contribution is 0.118. The van der Waals surface area contributed by atoms with Gasteiger partial charge in [0.2, 0.25) is 0 Å². The molecule has 0 spiro atoms. The highest BCUT2D eigenvalue weighted by molar-refractivity contribution is 4.78. The van der Waals surface area contributed by atoms with E-state index >= 15 is 0 Å². The molecule has 0 saturated carbocycles. The number of rotatable bonds is 5. The molecule has 0 bridgehead atoms. The van der Waals surface area contributed by atoms with Crippen LogP contribution in [0.1, 0.15) is 33.1 Å². The summed E-state index contributed by atoms with van der Waals surface area (Å²) in [7, 11) is 1.92. The van der Waals surface area contributed by atoms with E-state index < -0.39 is 0 Å². The zero-order valence-corrected chi connectivity index (χ0v) is 10.4. The number of hydrogen-bond donors (Lipinski definition) is 2. The number of piperidine rings is 1. The number of aliphatic hydroxyl groups excluding tert-OH is 1. The first-order chi connectivity index (χ1) is 7.17. The van der Waals surface area contributed by atoms with E-state index in [0.29, 0.717) is 6.04 Å². The largest absolute Gasteiger partial charge is 0.395 e. The predicted octanol–water partition coefficient (Wildman–Crippen LogP) is 1.08. The van der Waals surface area contributed by atoms with Crippen LogP contribution in [0.5, 0.6) is 0 Å². The summed E-state index contributed by atoms with van der Waals surface area (Å²) in [6.07, 6.45) is 3.70. The molecule has 0 aromatic rings. The Morgan fingerprint density at radius 2 is 2.20 bits per heavy atom. The van der Waals surface area contributed by atoms with Gasteiger partial charge in [-0.25, -0.2) is 0 Å². The topological polar surface area (TPSA) is 35.5 Å². The second-order valence-electron chi connectivity index (χ2n) is 4.97. The lowest BCUT2D eigenvalue weighted by atomic mass is 9.93. The third-order valence-electron chi connectivity index (χ3n) is 3.67. The zero-order chi connectivity index (χ0) is 11.3. The third kappa shape index (κ3) is 4.09. The quantitative estimate of drug-likeness (QED) is 0.719. The zero-order valence-electron chi connectivity index (χ0n) is 10.4. The molecule has 3 unspecified atom stereocenters. The minimum atomic E-state index is 0.245. The van der Waals surface area contributed by atoms with E-state index in [0.717, 1.165) is 18.9 Å². The molecule has 1 aliphatic rings. The van der Waals surface area contributed by atoms with E-state index in [1.54, 1.807) is 0 Å². The molecular formula is C12H26N2O. The van der Waals surface area contributed by atoms with E-state index in [9.17, 15) is 0 Å². The third-order valence-corrected chi connectivity index (χ3v) is 3.67. The van der Waals surface area contributed by atoms with Gasteiger partial charge in [-0.15, -0.1) is 0 Å². The van der Waals surface area contributed by atoms with Gasteiger partial charge in [0, 0.05) is 12.1 Å². The molecule has 3 atom stereocenters. The number of hydrogen-bond acceptors (Lipinski definition) is 3. The fourth-order valence-corrected chi connectivity index (χ4v) is 2.44. The lowest BCUT2D eigenvalue weighted by Crippen LogP contribution is -2.43. The van der Waals surface area contributed by atoms with Crippen LogP contribution in [0, 0.1) is 5.92 Å². The number of nitrogens with one attached hydrogen (secondary N) is 1. The number of likely N-dealkylation sites (tertiary alicyclic amines) is 1. The Labute approximate surface area is 93.9 Å². The Morgan fingerprint density at radius 1 is 1.47 bits per heavy atom. The van der Waals surface area contributed by atoms with Crippen molar-refractivity contribution in [1.82, 2.24) is 10.2 Å². The molecule has 1 aliphatic heterocycles. The Bertz CT molecular complexity index is 171. The molecule has 0 aliphatic carbocycles. The fourth-order valence-electron chi connectivity index (χ4n) is 2.44. The minimum absolute atomic E-state index is 0.245. The maximum atomic E-state index is 9.08. The van der Waals surface area contributed by atoms with Crippen LogP contribution in [0.4, 0.5) is 0 Å². The van der Waals surface area contributed by atoms with E-state index in [1.165, 1.54) is 19.4 Å². The molecule has 2 N–H and O–H groups in total. The molecule has 1 fully saturated rings. The van der Waals surface area contributed by atoms with Crippen LogP contribution in [-0.4, -0.2) is 48.8 Å².